The summed E-state index contributed by atoms with van der Waals surface area (Å²) in [5, 5.41) is 9.03. The third kappa shape index (κ3) is 2.61. The van der Waals surface area contributed by atoms with Gasteiger partial charge in [-0.25, -0.2) is 0 Å². The van der Waals surface area contributed by atoms with Crippen molar-refractivity contribution in [2.45, 2.75) is 12.8 Å². The fourth-order valence-corrected chi connectivity index (χ4v) is 2.25. The number of carbonyl (C=O) groups is 2. The van der Waals surface area contributed by atoms with E-state index in [4.69, 9.17) is 10.8 Å². The van der Waals surface area contributed by atoms with Crippen LogP contribution in [-0.2, 0) is 4.79 Å². The number of anilines is 1. The third-order valence-corrected chi connectivity index (χ3v) is 3.29. The van der Waals surface area contributed by atoms with E-state index in [1.165, 1.54) is 0 Å². The van der Waals surface area contributed by atoms with Gasteiger partial charge in [-0.3, -0.25) is 9.59 Å². The first-order valence-corrected chi connectivity index (χ1v) is 5.95. The standard InChI is InChI=1S/C13H16N2O3/c14-12(16)9-3-5-11(6-4-9)15-7-1-2-10(8-15)13(17)18/h3-6,10H,1-2,7-8H2,(H2,14,16)(H,17,18). The highest BCUT2D eigenvalue weighted by atomic mass is 16.4. The number of primary amides is 1. The van der Waals surface area contributed by atoms with Crippen LogP contribution < -0.4 is 10.6 Å². The molecule has 1 aliphatic rings. The Balaban J connectivity index is 2.11. The average molecular weight is 248 g/mol. The van der Waals surface area contributed by atoms with Crippen LogP contribution in [0.15, 0.2) is 24.3 Å². The predicted molar refractivity (Wildman–Crippen MR) is 67.5 cm³/mol. The van der Waals surface area contributed by atoms with E-state index in [1.807, 2.05) is 17.0 Å². The number of rotatable bonds is 3. The largest absolute Gasteiger partial charge is 0.481 e. The van der Waals surface area contributed by atoms with Crippen molar-refractivity contribution >= 4 is 17.6 Å². The second-order valence-corrected chi connectivity index (χ2v) is 4.53. The molecule has 1 saturated heterocycles. The number of piperidine rings is 1. The van der Waals surface area contributed by atoms with Crippen LogP contribution in [0.25, 0.3) is 0 Å². The number of amides is 1. The molecule has 0 aromatic heterocycles. The highest BCUT2D eigenvalue weighted by Gasteiger charge is 2.25. The molecule has 96 valence electrons. The van der Waals surface area contributed by atoms with Crippen molar-refractivity contribution in [2.24, 2.45) is 11.7 Å². The summed E-state index contributed by atoms with van der Waals surface area (Å²) in [5.74, 6) is -1.51. The number of hydrogen-bond acceptors (Lipinski definition) is 3. The van der Waals surface area contributed by atoms with E-state index in [0.29, 0.717) is 12.1 Å². The van der Waals surface area contributed by atoms with Gasteiger partial charge in [0.15, 0.2) is 0 Å². The molecule has 5 heteroatoms. The van der Waals surface area contributed by atoms with Crippen molar-refractivity contribution in [2.75, 3.05) is 18.0 Å². The van der Waals surface area contributed by atoms with Crippen molar-refractivity contribution in [1.82, 2.24) is 0 Å². The van der Waals surface area contributed by atoms with Crippen molar-refractivity contribution in [1.29, 1.82) is 0 Å². The van der Waals surface area contributed by atoms with Gasteiger partial charge in [0.2, 0.25) is 5.91 Å². The molecule has 0 spiro atoms. The van der Waals surface area contributed by atoms with Gasteiger partial charge in [-0.2, -0.15) is 0 Å². The maximum atomic E-state index is 11.0. The van der Waals surface area contributed by atoms with Gasteiger partial charge in [0, 0.05) is 24.3 Å². The zero-order valence-corrected chi connectivity index (χ0v) is 10.0. The molecule has 5 nitrogen and oxygen atoms in total. The Morgan fingerprint density at radius 2 is 1.94 bits per heavy atom. The topological polar surface area (TPSA) is 83.6 Å². The zero-order valence-electron chi connectivity index (χ0n) is 10.0. The molecule has 1 aromatic rings. The van der Waals surface area contributed by atoms with Gasteiger partial charge in [0.1, 0.15) is 0 Å². The lowest BCUT2D eigenvalue weighted by Gasteiger charge is -2.32. The Kier molecular flexibility index (Phi) is 3.50. The normalized spacial score (nSPS) is 19.6. The lowest BCUT2D eigenvalue weighted by Crippen LogP contribution is -2.38. The minimum absolute atomic E-state index is 0.311. The Hall–Kier alpha value is -2.04. The number of carboxylic acid groups (broad SMARTS) is 1. The lowest BCUT2D eigenvalue weighted by molar-refractivity contribution is -0.141. The maximum absolute atomic E-state index is 11.0. The maximum Gasteiger partial charge on any atom is 0.308 e. The lowest BCUT2D eigenvalue weighted by atomic mass is 9.97. The summed E-state index contributed by atoms with van der Waals surface area (Å²) in [4.78, 5) is 24.0. The Morgan fingerprint density at radius 3 is 2.50 bits per heavy atom. The molecule has 0 aliphatic carbocycles. The van der Waals surface area contributed by atoms with Crippen LogP contribution in [0.1, 0.15) is 23.2 Å². The van der Waals surface area contributed by atoms with Gasteiger partial charge < -0.3 is 15.7 Å². The van der Waals surface area contributed by atoms with E-state index in [9.17, 15) is 9.59 Å². The first-order valence-electron chi connectivity index (χ1n) is 5.95. The number of benzene rings is 1. The smallest absolute Gasteiger partial charge is 0.308 e. The fourth-order valence-electron chi connectivity index (χ4n) is 2.25. The van der Waals surface area contributed by atoms with Gasteiger partial charge in [0.25, 0.3) is 0 Å². The Labute approximate surface area is 105 Å². The van der Waals surface area contributed by atoms with Crippen LogP contribution >= 0.6 is 0 Å². The number of carbonyl (C=O) groups excluding carboxylic acids is 1. The van der Waals surface area contributed by atoms with E-state index in [2.05, 4.69) is 0 Å². The zero-order chi connectivity index (χ0) is 13.1. The van der Waals surface area contributed by atoms with E-state index < -0.39 is 11.9 Å². The van der Waals surface area contributed by atoms with Crippen LogP contribution in [0.5, 0.6) is 0 Å². The minimum atomic E-state index is -0.742. The molecule has 1 aromatic carbocycles. The van der Waals surface area contributed by atoms with Crippen molar-refractivity contribution < 1.29 is 14.7 Å². The van der Waals surface area contributed by atoms with Crippen LogP contribution in [0.4, 0.5) is 5.69 Å². The van der Waals surface area contributed by atoms with Crippen molar-refractivity contribution in [3.05, 3.63) is 29.8 Å². The second kappa shape index (κ2) is 5.08. The monoisotopic (exact) mass is 248 g/mol. The van der Waals surface area contributed by atoms with E-state index in [0.717, 1.165) is 25.1 Å². The molecule has 1 amide bonds. The highest BCUT2D eigenvalue weighted by molar-refractivity contribution is 5.93. The SMILES string of the molecule is NC(=O)c1ccc(N2CCCC(C(=O)O)C2)cc1. The Bertz CT molecular complexity index is 456. The summed E-state index contributed by atoms with van der Waals surface area (Å²) in [6.45, 7) is 1.37. The molecule has 1 unspecified atom stereocenters. The molecule has 0 bridgehead atoms. The number of nitrogens with two attached hydrogens (primary N) is 1. The van der Waals surface area contributed by atoms with E-state index >= 15 is 0 Å². The van der Waals surface area contributed by atoms with Crippen molar-refractivity contribution in [3.63, 3.8) is 0 Å². The molecule has 1 heterocycles. The molecule has 3 N–H and O–H groups in total. The van der Waals surface area contributed by atoms with Gasteiger partial charge in [-0.15, -0.1) is 0 Å². The number of carboxylic acids is 1. The molecule has 1 fully saturated rings. The van der Waals surface area contributed by atoms with E-state index in [-0.39, 0.29) is 5.92 Å². The Morgan fingerprint density at radius 1 is 1.28 bits per heavy atom. The second-order valence-electron chi connectivity index (χ2n) is 4.53. The van der Waals surface area contributed by atoms with Crippen molar-refractivity contribution in [3.8, 4) is 0 Å². The summed E-state index contributed by atoms with van der Waals surface area (Å²) >= 11 is 0. The summed E-state index contributed by atoms with van der Waals surface area (Å²) in [6, 6.07) is 6.96. The minimum Gasteiger partial charge on any atom is -0.481 e. The number of aliphatic carboxylic acids is 1. The van der Waals surface area contributed by atoms with Gasteiger partial charge in [-0.1, -0.05) is 0 Å². The van der Waals surface area contributed by atoms with Gasteiger partial charge >= 0.3 is 5.97 Å². The van der Waals surface area contributed by atoms with E-state index in [1.54, 1.807) is 12.1 Å². The van der Waals surface area contributed by atoms with Gasteiger partial charge in [-0.05, 0) is 37.1 Å². The summed E-state index contributed by atoms with van der Waals surface area (Å²) < 4.78 is 0. The molecule has 2 rings (SSSR count). The summed E-state index contributed by atoms with van der Waals surface area (Å²) in [7, 11) is 0. The molecule has 0 radical (unpaired) electrons. The first kappa shape index (κ1) is 12.4. The third-order valence-electron chi connectivity index (χ3n) is 3.29. The summed E-state index contributed by atoms with van der Waals surface area (Å²) in [5.41, 5.74) is 6.57. The molecule has 1 atom stereocenters. The fraction of sp³-hybridized carbons (Fsp3) is 0.385. The predicted octanol–water partition coefficient (Wildman–Crippen LogP) is 1.09. The molecule has 18 heavy (non-hydrogen) atoms. The molecule has 0 saturated carbocycles. The summed E-state index contributed by atoms with van der Waals surface area (Å²) in [6.07, 6.45) is 1.60. The average Bonchev–Trinajstić information content (AvgIpc) is 2.39. The number of nitrogens with zero attached hydrogens (tertiary/aromatic N) is 1. The van der Waals surface area contributed by atoms with Crippen LogP contribution in [0.3, 0.4) is 0 Å². The molecule has 1 aliphatic heterocycles. The molecular weight excluding hydrogens is 232 g/mol. The first-order chi connectivity index (χ1) is 8.58. The number of hydrogen-bond donors (Lipinski definition) is 2. The van der Waals surface area contributed by atoms with Gasteiger partial charge in [0.05, 0.1) is 5.92 Å². The van der Waals surface area contributed by atoms with Crippen LogP contribution in [0.2, 0.25) is 0 Å². The molecular formula is C13H16N2O3. The van der Waals surface area contributed by atoms with Crippen LogP contribution in [-0.4, -0.2) is 30.1 Å². The quantitative estimate of drug-likeness (QED) is 0.838. The highest BCUT2D eigenvalue weighted by Crippen LogP contribution is 2.23. The van der Waals surface area contributed by atoms with Crippen LogP contribution in [0, 0.1) is 5.92 Å².